The van der Waals surface area contributed by atoms with Crippen LogP contribution in [0.5, 0.6) is 0 Å². The predicted octanol–water partition coefficient (Wildman–Crippen LogP) is 4.03. The highest BCUT2D eigenvalue weighted by molar-refractivity contribution is 8.00. The lowest BCUT2D eigenvalue weighted by atomic mass is 10.0. The fraction of sp³-hybridized carbons (Fsp3) is 0.375. The molecule has 0 aromatic heterocycles. The molecule has 0 unspecified atom stereocenters. The van der Waals surface area contributed by atoms with E-state index in [4.69, 9.17) is 4.99 Å². The molecule has 1 N–H and O–H groups in total. The quantitative estimate of drug-likeness (QED) is 0.808. The molecule has 0 aliphatic carbocycles. The highest BCUT2D eigenvalue weighted by Crippen LogP contribution is 2.31. The molecule has 2 aromatic carbocycles. The summed E-state index contributed by atoms with van der Waals surface area (Å²) in [4.78, 5) is 7.60. The summed E-state index contributed by atoms with van der Waals surface area (Å²) in [5.74, 6) is 0.504. The molecule has 0 saturated carbocycles. The van der Waals surface area contributed by atoms with Gasteiger partial charge in [-0.1, -0.05) is 48.5 Å². The minimum absolute atomic E-state index is 0.142. The number of sulfonamides is 1. The lowest BCUT2D eigenvalue weighted by molar-refractivity contribution is 0.206. The summed E-state index contributed by atoms with van der Waals surface area (Å²) in [7, 11) is -3.58. The Balaban J connectivity index is 1.49. The SMILES string of the molecule is CC1=C(c2ccc(C)c(C)c2)S(=O)(=O)NC1=NC1CCN(Cc2ccccc2)CC1. The van der Waals surface area contributed by atoms with Crippen molar-refractivity contribution in [2.75, 3.05) is 13.1 Å². The van der Waals surface area contributed by atoms with E-state index in [1.807, 2.05) is 45.0 Å². The first kappa shape index (κ1) is 20.8. The lowest BCUT2D eigenvalue weighted by Gasteiger charge is -2.30. The van der Waals surface area contributed by atoms with Crippen molar-refractivity contribution < 1.29 is 8.42 Å². The topological polar surface area (TPSA) is 61.8 Å². The molecule has 158 valence electrons. The Kier molecular flexibility index (Phi) is 5.80. The second kappa shape index (κ2) is 8.36. The number of hydrogen-bond donors (Lipinski definition) is 1. The van der Waals surface area contributed by atoms with Gasteiger partial charge in [0.1, 0.15) is 10.7 Å². The van der Waals surface area contributed by atoms with Crippen LogP contribution in [0.2, 0.25) is 0 Å². The van der Waals surface area contributed by atoms with E-state index in [1.165, 1.54) is 5.56 Å². The van der Waals surface area contributed by atoms with E-state index in [1.54, 1.807) is 0 Å². The number of nitrogens with one attached hydrogen (secondary N) is 1. The summed E-state index contributed by atoms with van der Waals surface area (Å²) >= 11 is 0. The van der Waals surface area contributed by atoms with Crippen LogP contribution in [0.15, 0.2) is 59.1 Å². The lowest BCUT2D eigenvalue weighted by Crippen LogP contribution is -2.36. The molecule has 0 amide bonds. The van der Waals surface area contributed by atoms with Gasteiger partial charge < -0.3 is 0 Å². The number of likely N-dealkylation sites (tertiary alicyclic amines) is 1. The fourth-order valence-electron chi connectivity index (χ4n) is 4.17. The fourth-order valence-corrected chi connectivity index (χ4v) is 5.67. The van der Waals surface area contributed by atoms with Crippen molar-refractivity contribution in [1.29, 1.82) is 0 Å². The Hall–Kier alpha value is -2.44. The van der Waals surface area contributed by atoms with Gasteiger partial charge in [-0.3, -0.25) is 14.6 Å². The number of aliphatic imine (C=N–C) groups is 1. The van der Waals surface area contributed by atoms with Crippen molar-refractivity contribution in [3.05, 3.63) is 76.4 Å². The third-order valence-electron chi connectivity index (χ3n) is 6.08. The van der Waals surface area contributed by atoms with Crippen LogP contribution in [0.4, 0.5) is 0 Å². The molecule has 6 heteroatoms. The number of hydrogen-bond acceptors (Lipinski definition) is 4. The second-order valence-corrected chi connectivity index (χ2v) is 9.95. The van der Waals surface area contributed by atoms with E-state index in [2.05, 4.69) is 33.9 Å². The number of nitrogens with zero attached hydrogens (tertiary/aromatic N) is 2. The Morgan fingerprint density at radius 2 is 1.70 bits per heavy atom. The summed E-state index contributed by atoms with van der Waals surface area (Å²) in [5, 5.41) is 0. The summed E-state index contributed by atoms with van der Waals surface area (Å²) in [5.41, 5.74) is 4.99. The molecular formula is C24H29N3O2S. The van der Waals surface area contributed by atoms with Gasteiger partial charge in [-0.2, -0.15) is 0 Å². The van der Waals surface area contributed by atoms with Crippen molar-refractivity contribution in [2.24, 2.45) is 4.99 Å². The van der Waals surface area contributed by atoms with Crippen molar-refractivity contribution >= 4 is 20.8 Å². The van der Waals surface area contributed by atoms with Gasteiger partial charge in [-0.15, -0.1) is 0 Å². The number of piperidine rings is 1. The predicted molar refractivity (Wildman–Crippen MR) is 123 cm³/mol. The maximum Gasteiger partial charge on any atom is 0.264 e. The van der Waals surface area contributed by atoms with Gasteiger partial charge in [0.2, 0.25) is 0 Å². The van der Waals surface area contributed by atoms with Crippen LogP contribution in [0.3, 0.4) is 0 Å². The van der Waals surface area contributed by atoms with Gasteiger partial charge in [0.25, 0.3) is 10.0 Å². The third-order valence-corrected chi connectivity index (χ3v) is 7.62. The third kappa shape index (κ3) is 4.35. The van der Waals surface area contributed by atoms with Gasteiger partial charge in [-0.25, -0.2) is 8.42 Å². The maximum atomic E-state index is 12.8. The smallest absolute Gasteiger partial charge is 0.264 e. The molecule has 0 bridgehead atoms. The van der Waals surface area contributed by atoms with Crippen LogP contribution >= 0.6 is 0 Å². The van der Waals surface area contributed by atoms with Gasteiger partial charge in [0.05, 0.1) is 6.04 Å². The average molecular weight is 424 g/mol. The van der Waals surface area contributed by atoms with Crippen LogP contribution in [-0.2, 0) is 16.6 Å². The normalized spacial score (nSPS) is 21.2. The van der Waals surface area contributed by atoms with E-state index < -0.39 is 10.0 Å². The molecule has 2 heterocycles. The van der Waals surface area contributed by atoms with E-state index in [-0.39, 0.29) is 6.04 Å². The molecule has 0 atom stereocenters. The number of amidine groups is 1. The summed E-state index contributed by atoms with van der Waals surface area (Å²) < 4.78 is 28.3. The van der Waals surface area contributed by atoms with Crippen LogP contribution < -0.4 is 4.72 Å². The molecular weight excluding hydrogens is 394 g/mol. The first-order valence-electron chi connectivity index (χ1n) is 10.5. The average Bonchev–Trinajstić information content (AvgIpc) is 2.94. The Morgan fingerprint density at radius 3 is 2.37 bits per heavy atom. The van der Waals surface area contributed by atoms with Crippen molar-refractivity contribution in [2.45, 2.75) is 46.2 Å². The van der Waals surface area contributed by atoms with Gasteiger partial charge in [0, 0.05) is 25.2 Å². The zero-order valence-electron chi connectivity index (χ0n) is 17.9. The van der Waals surface area contributed by atoms with Crippen LogP contribution in [-0.4, -0.2) is 38.3 Å². The van der Waals surface area contributed by atoms with Crippen molar-refractivity contribution in [3.63, 3.8) is 0 Å². The van der Waals surface area contributed by atoms with Crippen LogP contribution in [0.25, 0.3) is 4.91 Å². The Morgan fingerprint density at radius 1 is 1.00 bits per heavy atom. The van der Waals surface area contributed by atoms with E-state index in [9.17, 15) is 8.42 Å². The molecule has 2 aromatic rings. The van der Waals surface area contributed by atoms with E-state index >= 15 is 0 Å². The number of aryl methyl sites for hydroxylation is 2. The van der Waals surface area contributed by atoms with Crippen molar-refractivity contribution in [3.8, 4) is 0 Å². The largest absolute Gasteiger partial charge is 0.299 e. The first-order chi connectivity index (χ1) is 14.3. The molecule has 1 saturated heterocycles. The first-order valence-corrected chi connectivity index (χ1v) is 12.0. The minimum Gasteiger partial charge on any atom is -0.299 e. The summed E-state index contributed by atoms with van der Waals surface area (Å²) in [6.07, 6.45) is 1.87. The van der Waals surface area contributed by atoms with Crippen molar-refractivity contribution in [1.82, 2.24) is 9.62 Å². The zero-order valence-corrected chi connectivity index (χ0v) is 18.7. The highest BCUT2D eigenvalue weighted by Gasteiger charge is 2.33. The molecule has 2 aliphatic heterocycles. The molecule has 2 aliphatic rings. The summed E-state index contributed by atoms with van der Waals surface area (Å²) in [6, 6.07) is 16.4. The zero-order chi connectivity index (χ0) is 21.3. The molecule has 5 nitrogen and oxygen atoms in total. The Labute approximate surface area is 179 Å². The molecule has 4 rings (SSSR count). The molecule has 0 spiro atoms. The number of benzene rings is 2. The molecule has 0 radical (unpaired) electrons. The van der Waals surface area contributed by atoms with E-state index in [0.29, 0.717) is 16.3 Å². The minimum atomic E-state index is -3.58. The van der Waals surface area contributed by atoms with E-state index in [0.717, 1.165) is 49.2 Å². The van der Waals surface area contributed by atoms with Gasteiger partial charge in [-0.05, 0) is 55.9 Å². The van der Waals surface area contributed by atoms with Gasteiger partial charge >= 0.3 is 0 Å². The Bertz CT molecular complexity index is 1100. The highest BCUT2D eigenvalue weighted by atomic mass is 32.2. The number of rotatable bonds is 4. The van der Waals surface area contributed by atoms with Gasteiger partial charge in [0.15, 0.2) is 0 Å². The standard InChI is InChI=1S/C24H29N3O2S/c1-17-9-10-21(15-18(17)2)23-19(3)24(26-30(23,28)29)25-22-11-13-27(14-12-22)16-20-7-5-4-6-8-20/h4-10,15,22H,11-14,16H2,1-3H3,(H,25,26). The summed E-state index contributed by atoms with van der Waals surface area (Å²) in [6.45, 7) is 8.77. The monoisotopic (exact) mass is 423 g/mol. The molecule has 30 heavy (non-hydrogen) atoms. The van der Waals surface area contributed by atoms with Crippen LogP contribution in [0, 0.1) is 13.8 Å². The molecule has 1 fully saturated rings. The maximum absolute atomic E-state index is 12.8. The second-order valence-electron chi connectivity index (χ2n) is 8.33. The van der Waals surface area contributed by atoms with Crippen LogP contribution in [0.1, 0.15) is 42.0 Å².